The Morgan fingerprint density at radius 3 is 1.79 bits per heavy atom. The molecule has 0 saturated carbocycles. The standard InChI is InChI=1S/C29H24O10/c1-17(30)37-26-10-5-20(15-24(26)32)7-12-28(34)39-23-8-3-19(4-9-23)13-22(29(35)36)14-21-6-11-27(25(33)16-21)38-18(2)31/h3-12,14-16,32-33H,13H2,1-2H3,(H,35,36)/b12-7+,22-14+. The normalized spacial score (nSPS) is 11.2. The van der Waals surface area contributed by atoms with E-state index in [1.165, 1.54) is 68.5 Å². The monoisotopic (exact) mass is 532 g/mol. The highest BCUT2D eigenvalue weighted by atomic mass is 16.5. The van der Waals surface area contributed by atoms with Crippen LogP contribution in [0.4, 0.5) is 0 Å². The summed E-state index contributed by atoms with van der Waals surface area (Å²) < 4.78 is 14.9. The maximum atomic E-state index is 12.2. The third-order valence-electron chi connectivity index (χ3n) is 5.04. The van der Waals surface area contributed by atoms with E-state index in [4.69, 9.17) is 14.2 Å². The van der Waals surface area contributed by atoms with E-state index in [1.807, 2.05) is 0 Å². The van der Waals surface area contributed by atoms with Gasteiger partial charge in [0.15, 0.2) is 23.0 Å². The first-order chi connectivity index (χ1) is 18.5. The average Bonchev–Trinajstić information content (AvgIpc) is 2.86. The lowest BCUT2D eigenvalue weighted by molar-refractivity contribution is -0.133. The second-order valence-corrected chi connectivity index (χ2v) is 8.19. The molecule has 39 heavy (non-hydrogen) atoms. The van der Waals surface area contributed by atoms with Crippen LogP contribution >= 0.6 is 0 Å². The van der Waals surface area contributed by atoms with E-state index in [-0.39, 0.29) is 40.7 Å². The molecular weight excluding hydrogens is 508 g/mol. The fourth-order valence-electron chi connectivity index (χ4n) is 3.34. The van der Waals surface area contributed by atoms with Gasteiger partial charge in [-0.25, -0.2) is 9.59 Å². The minimum atomic E-state index is -1.16. The van der Waals surface area contributed by atoms with Crippen molar-refractivity contribution in [2.45, 2.75) is 20.3 Å². The number of hydrogen-bond acceptors (Lipinski definition) is 9. The average molecular weight is 533 g/mol. The summed E-state index contributed by atoms with van der Waals surface area (Å²) >= 11 is 0. The predicted molar refractivity (Wildman–Crippen MR) is 139 cm³/mol. The van der Waals surface area contributed by atoms with E-state index in [9.17, 15) is 34.5 Å². The van der Waals surface area contributed by atoms with Gasteiger partial charge in [-0.3, -0.25) is 9.59 Å². The Morgan fingerprint density at radius 1 is 0.744 bits per heavy atom. The summed E-state index contributed by atoms with van der Waals surface area (Å²) in [6, 6.07) is 14.6. The van der Waals surface area contributed by atoms with Crippen molar-refractivity contribution >= 4 is 36.0 Å². The molecular formula is C29H24O10. The van der Waals surface area contributed by atoms with Gasteiger partial charge in [0.1, 0.15) is 5.75 Å². The van der Waals surface area contributed by atoms with Crippen LogP contribution in [0.15, 0.2) is 72.3 Å². The zero-order chi connectivity index (χ0) is 28.5. The predicted octanol–water partition coefficient (Wildman–Crippen LogP) is 4.28. The molecule has 0 saturated heterocycles. The molecule has 0 aromatic heterocycles. The number of benzene rings is 3. The number of hydrogen-bond donors (Lipinski definition) is 3. The number of ether oxygens (including phenoxy) is 3. The topological polar surface area (TPSA) is 157 Å². The molecule has 0 heterocycles. The second kappa shape index (κ2) is 12.7. The smallest absolute Gasteiger partial charge is 0.336 e. The molecule has 0 bridgehead atoms. The van der Waals surface area contributed by atoms with E-state index in [1.54, 1.807) is 18.2 Å². The Kier molecular flexibility index (Phi) is 9.20. The molecule has 10 heteroatoms. The molecule has 0 aliphatic carbocycles. The lowest BCUT2D eigenvalue weighted by Gasteiger charge is -2.07. The molecule has 200 valence electrons. The van der Waals surface area contributed by atoms with Crippen molar-refractivity contribution in [2.24, 2.45) is 0 Å². The van der Waals surface area contributed by atoms with E-state index in [2.05, 4.69) is 0 Å². The highest BCUT2D eigenvalue weighted by Gasteiger charge is 2.12. The van der Waals surface area contributed by atoms with Gasteiger partial charge in [0.05, 0.1) is 0 Å². The van der Waals surface area contributed by atoms with Gasteiger partial charge in [0, 0.05) is 31.9 Å². The van der Waals surface area contributed by atoms with Crippen LogP contribution < -0.4 is 14.2 Å². The number of aromatic hydroxyl groups is 2. The number of carboxylic acids is 1. The van der Waals surface area contributed by atoms with E-state index >= 15 is 0 Å². The van der Waals surface area contributed by atoms with Crippen molar-refractivity contribution in [2.75, 3.05) is 0 Å². The molecule has 0 spiro atoms. The van der Waals surface area contributed by atoms with Crippen molar-refractivity contribution in [1.82, 2.24) is 0 Å². The quantitative estimate of drug-likeness (QED) is 0.206. The second-order valence-electron chi connectivity index (χ2n) is 8.19. The largest absolute Gasteiger partial charge is 0.504 e. The number of carboxylic acid groups (broad SMARTS) is 1. The fourth-order valence-corrected chi connectivity index (χ4v) is 3.34. The minimum absolute atomic E-state index is 0.00136. The summed E-state index contributed by atoms with van der Waals surface area (Å²) in [5.41, 5.74) is 1.53. The van der Waals surface area contributed by atoms with Gasteiger partial charge >= 0.3 is 23.9 Å². The lowest BCUT2D eigenvalue weighted by Crippen LogP contribution is -2.05. The molecule has 0 unspecified atom stereocenters. The van der Waals surface area contributed by atoms with Crippen LogP contribution in [-0.2, 0) is 25.6 Å². The Labute approximate surface area is 223 Å². The number of carbonyl (C=O) groups excluding carboxylic acids is 3. The van der Waals surface area contributed by atoms with Crippen LogP contribution in [0, 0.1) is 0 Å². The van der Waals surface area contributed by atoms with Crippen molar-refractivity contribution in [1.29, 1.82) is 0 Å². The van der Waals surface area contributed by atoms with E-state index < -0.39 is 23.9 Å². The lowest BCUT2D eigenvalue weighted by atomic mass is 10.0. The summed E-state index contributed by atoms with van der Waals surface area (Å²) in [6.07, 6.45) is 3.99. The molecule has 0 amide bonds. The van der Waals surface area contributed by atoms with Gasteiger partial charge in [-0.05, 0) is 65.2 Å². The number of carbonyl (C=O) groups is 4. The zero-order valence-electron chi connectivity index (χ0n) is 20.9. The number of phenolic OH excluding ortho intramolecular Hbond substituents is 2. The van der Waals surface area contributed by atoms with E-state index in [0.29, 0.717) is 16.7 Å². The Bertz CT molecular complexity index is 1470. The number of rotatable bonds is 9. The Morgan fingerprint density at radius 2 is 1.28 bits per heavy atom. The summed E-state index contributed by atoms with van der Waals surface area (Å²) in [5.74, 6) is -3.40. The fraction of sp³-hybridized carbons (Fsp3) is 0.103. The van der Waals surface area contributed by atoms with Crippen LogP contribution in [0.2, 0.25) is 0 Å². The first-order valence-corrected chi connectivity index (χ1v) is 11.5. The van der Waals surface area contributed by atoms with Crippen LogP contribution in [-0.4, -0.2) is 39.2 Å². The molecule has 0 aliphatic heterocycles. The van der Waals surface area contributed by atoms with Crippen LogP contribution in [0.3, 0.4) is 0 Å². The molecule has 3 rings (SSSR count). The number of aliphatic carboxylic acids is 1. The molecule has 0 fully saturated rings. The molecule has 0 radical (unpaired) electrons. The minimum Gasteiger partial charge on any atom is -0.504 e. The first-order valence-electron chi connectivity index (χ1n) is 11.5. The summed E-state index contributed by atoms with van der Waals surface area (Å²) in [5, 5.41) is 29.5. The third-order valence-corrected chi connectivity index (χ3v) is 5.04. The van der Waals surface area contributed by atoms with Gasteiger partial charge in [-0.1, -0.05) is 24.3 Å². The van der Waals surface area contributed by atoms with Crippen molar-refractivity contribution in [3.63, 3.8) is 0 Å². The number of esters is 3. The van der Waals surface area contributed by atoms with Gasteiger partial charge in [0.25, 0.3) is 0 Å². The Hall–Kier alpha value is -5.38. The molecule has 0 aliphatic rings. The third kappa shape index (κ3) is 8.60. The van der Waals surface area contributed by atoms with Crippen LogP contribution in [0.1, 0.15) is 30.5 Å². The highest BCUT2D eigenvalue weighted by molar-refractivity contribution is 5.93. The molecule has 3 aromatic rings. The van der Waals surface area contributed by atoms with Gasteiger partial charge in [-0.15, -0.1) is 0 Å². The van der Waals surface area contributed by atoms with Crippen LogP contribution in [0.5, 0.6) is 28.7 Å². The SMILES string of the molecule is CC(=O)Oc1ccc(/C=C/C(=O)Oc2ccc(C/C(=C\c3ccc(OC(C)=O)c(O)c3)C(=O)O)cc2)cc1O. The maximum absolute atomic E-state index is 12.2. The summed E-state index contributed by atoms with van der Waals surface area (Å²) in [4.78, 5) is 46.0. The maximum Gasteiger partial charge on any atom is 0.336 e. The van der Waals surface area contributed by atoms with Gasteiger partial charge in [0.2, 0.25) is 0 Å². The Balaban J connectivity index is 1.64. The summed E-state index contributed by atoms with van der Waals surface area (Å²) in [6.45, 7) is 2.40. The van der Waals surface area contributed by atoms with Crippen molar-refractivity contribution in [3.05, 3.63) is 89.0 Å². The molecule has 0 atom stereocenters. The van der Waals surface area contributed by atoms with Crippen molar-refractivity contribution in [3.8, 4) is 28.7 Å². The molecule has 3 aromatic carbocycles. The zero-order valence-corrected chi connectivity index (χ0v) is 20.9. The van der Waals surface area contributed by atoms with E-state index in [0.717, 1.165) is 6.08 Å². The highest BCUT2D eigenvalue weighted by Crippen LogP contribution is 2.29. The van der Waals surface area contributed by atoms with Gasteiger partial charge < -0.3 is 29.5 Å². The summed E-state index contributed by atoms with van der Waals surface area (Å²) in [7, 11) is 0. The molecule has 3 N–H and O–H groups in total. The molecule has 10 nitrogen and oxygen atoms in total. The first kappa shape index (κ1) is 28.2. The van der Waals surface area contributed by atoms with Crippen LogP contribution in [0.25, 0.3) is 12.2 Å². The number of phenols is 2. The van der Waals surface area contributed by atoms with Gasteiger partial charge in [-0.2, -0.15) is 0 Å². The van der Waals surface area contributed by atoms with Crippen molar-refractivity contribution < 1.29 is 48.7 Å².